The number of hydrogen-bond donors (Lipinski definition) is 1. The van der Waals surface area contributed by atoms with Crippen molar-refractivity contribution in [3.05, 3.63) is 59.7 Å². The minimum absolute atomic E-state index is 0.00744. The molecule has 0 unspecified atom stereocenters. The average Bonchev–Trinajstić information content (AvgIpc) is 3.10. The Labute approximate surface area is 207 Å². The van der Waals surface area contributed by atoms with E-state index in [1.807, 2.05) is 4.90 Å². The summed E-state index contributed by atoms with van der Waals surface area (Å²) in [6.07, 6.45) is -9.24. The zero-order valence-electron chi connectivity index (χ0n) is 19.4. The van der Waals surface area contributed by atoms with Crippen molar-refractivity contribution in [1.29, 1.82) is 0 Å². The monoisotopic (exact) mass is 531 g/mol. The standard InChI is InChI=1S/C24H23F6N3O4/c25-23(26,27)19-4-2-1-3-16(19)13-33-15-22(37-21(33)35)9-11-32(12-10-22)14-20(34)31-17-5-7-18(8-6-17)36-24(28,29)30/h1-8H,9-15H2,(H,31,34). The van der Waals surface area contributed by atoms with Crippen molar-refractivity contribution in [2.24, 2.45) is 0 Å². The molecule has 7 nitrogen and oxygen atoms in total. The predicted molar refractivity (Wildman–Crippen MR) is 118 cm³/mol. The van der Waals surface area contributed by atoms with Crippen LogP contribution in [0.5, 0.6) is 5.75 Å². The molecule has 1 N–H and O–H groups in total. The molecular formula is C24H23F6N3O4. The Morgan fingerprint density at radius 2 is 1.65 bits per heavy atom. The average molecular weight is 531 g/mol. The number of hydrogen-bond acceptors (Lipinski definition) is 5. The van der Waals surface area contributed by atoms with Gasteiger partial charge in [0.2, 0.25) is 5.91 Å². The van der Waals surface area contributed by atoms with Crippen LogP contribution in [0.25, 0.3) is 0 Å². The first-order valence-corrected chi connectivity index (χ1v) is 11.3. The van der Waals surface area contributed by atoms with E-state index >= 15 is 0 Å². The number of benzene rings is 2. The molecule has 2 aromatic rings. The predicted octanol–water partition coefficient (Wildman–Crippen LogP) is 5.03. The van der Waals surface area contributed by atoms with Gasteiger partial charge in [-0.15, -0.1) is 13.2 Å². The van der Waals surface area contributed by atoms with Crippen LogP contribution in [0.15, 0.2) is 48.5 Å². The molecule has 2 fully saturated rings. The van der Waals surface area contributed by atoms with Crippen LogP contribution in [0, 0.1) is 0 Å². The lowest BCUT2D eigenvalue weighted by Crippen LogP contribution is -2.48. The molecule has 2 aliphatic heterocycles. The number of rotatable bonds is 6. The zero-order chi connectivity index (χ0) is 26.8. The van der Waals surface area contributed by atoms with Gasteiger partial charge in [0, 0.05) is 38.2 Å². The van der Waals surface area contributed by atoms with Crippen molar-refractivity contribution in [1.82, 2.24) is 9.80 Å². The smallest absolute Gasteiger partial charge is 0.441 e. The zero-order valence-corrected chi connectivity index (χ0v) is 19.4. The summed E-state index contributed by atoms with van der Waals surface area (Å²) >= 11 is 0. The fourth-order valence-electron chi connectivity index (χ4n) is 4.48. The Hall–Kier alpha value is -3.48. The Morgan fingerprint density at radius 3 is 2.27 bits per heavy atom. The van der Waals surface area contributed by atoms with Gasteiger partial charge in [-0.3, -0.25) is 14.6 Å². The van der Waals surface area contributed by atoms with Gasteiger partial charge >= 0.3 is 18.6 Å². The topological polar surface area (TPSA) is 71.1 Å². The molecule has 2 aliphatic rings. The number of likely N-dealkylation sites (tertiary alicyclic amines) is 1. The summed E-state index contributed by atoms with van der Waals surface area (Å²) in [5.74, 6) is -0.789. The third kappa shape index (κ3) is 6.85. The Morgan fingerprint density at radius 1 is 1.00 bits per heavy atom. The first-order chi connectivity index (χ1) is 17.3. The molecule has 200 valence electrons. The molecule has 0 aromatic heterocycles. The normalized spacial score (nSPS) is 18.1. The molecule has 4 rings (SSSR count). The number of nitrogens with one attached hydrogen (secondary N) is 1. The molecular weight excluding hydrogens is 508 g/mol. The lowest BCUT2D eigenvalue weighted by molar-refractivity contribution is -0.274. The number of ether oxygens (including phenoxy) is 2. The first kappa shape index (κ1) is 26.6. The van der Waals surface area contributed by atoms with Crippen molar-refractivity contribution in [2.75, 3.05) is 31.5 Å². The van der Waals surface area contributed by atoms with E-state index in [9.17, 15) is 35.9 Å². The van der Waals surface area contributed by atoms with Crippen LogP contribution in [-0.4, -0.2) is 59.9 Å². The summed E-state index contributed by atoms with van der Waals surface area (Å²) in [5, 5.41) is 2.60. The van der Waals surface area contributed by atoms with Gasteiger partial charge in [-0.2, -0.15) is 13.2 Å². The maximum absolute atomic E-state index is 13.3. The third-order valence-corrected chi connectivity index (χ3v) is 6.23. The minimum Gasteiger partial charge on any atom is -0.441 e. The maximum atomic E-state index is 13.3. The van der Waals surface area contributed by atoms with Crippen molar-refractivity contribution in [3.63, 3.8) is 0 Å². The molecule has 0 atom stereocenters. The Balaban J connectivity index is 1.28. The van der Waals surface area contributed by atoms with E-state index in [0.717, 1.165) is 18.2 Å². The maximum Gasteiger partial charge on any atom is 0.573 e. The van der Waals surface area contributed by atoms with Gasteiger partial charge in [-0.05, 0) is 35.9 Å². The summed E-state index contributed by atoms with van der Waals surface area (Å²) in [4.78, 5) is 27.9. The van der Waals surface area contributed by atoms with E-state index in [0.29, 0.717) is 31.6 Å². The molecule has 2 saturated heterocycles. The highest BCUT2D eigenvalue weighted by Crippen LogP contribution is 2.36. The van der Waals surface area contributed by atoms with Gasteiger partial charge in [-0.1, -0.05) is 18.2 Å². The molecule has 2 aromatic carbocycles. The quantitative estimate of drug-likeness (QED) is 0.530. The lowest BCUT2D eigenvalue weighted by Gasteiger charge is -2.37. The second-order valence-electron chi connectivity index (χ2n) is 8.96. The second kappa shape index (κ2) is 10.1. The molecule has 0 radical (unpaired) electrons. The number of anilines is 1. The first-order valence-electron chi connectivity index (χ1n) is 11.3. The van der Waals surface area contributed by atoms with Crippen molar-refractivity contribution < 1.29 is 45.4 Å². The molecule has 1 spiro atoms. The van der Waals surface area contributed by atoms with Crippen molar-refractivity contribution in [2.45, 2.75) is 37.5 Å². The van der Waals surface area contributed by atoms with E-state index < -0.39 is 35.5 Å². The van der Waals surface area contributed by atoms with E-state index in [2.05, 4.69) is 10.1 Å². The second-order valence-corrected chi connectivity index (χ2v) is 8.96. The summed E-state index contributed by atoms with van der Waals surface area (Å²) < 4.78 is 86.1. The highest BCUT2D eigenvalue weighted by atomic mass is 19.4. The molecule has 0 aliphatic carbocycles. The number of carbonyl (C=O) groups excluding carboxylic acids is 2. The highest BCUT2D eigenvalue weighted by Gasteiger charge is 2.47. The molecule has 2 amide bonds. The summed E-state index contributed by atoms with van der Waals surface area (Å²) in [6.45, 7) is 0.741. The number of nitrogens with zero attached hydrogens (tertiary/aromatic N) is 2. The summed E-state index contributed by atoms with van der Waals surface area (Å²) in [7, 11) is 0. The number of carbonyl (C=O) groups is 2. The summed E-state index contributed by atoms with van der Waals surface area (Å²) in [5.41, 5.74) is -1.36. The number of amides is 2. The minimum atomic E-state index is -4.81. The number of halogens is 6. The fraction of sp³-hybridized carbons (Fsp3) is 0.417. The Kier molecular flexibility index (Phi) is 7.27. The van der Waals surface area contributed by atoms with Crippen LogP contribution >= 0.6 is 0 Å². The molecule has 13 heteroatoms. The van der Waals surface area contributed by atoms with Crippen LogP contribution < -0.4 is 10.1 Å². The van der Waals surface area contributed by atoms with E-state index in [1.54, 1.807) is 0 Å². The SMILES string of the molecule is O=C(CN1CCC2(CC1)CN(Cc1ccccc1C(F)(F)F)C(=O)O2)Nc1ccc(OC(F)(F)F)cc1. The van der Waals surface area contributed by atoms with Gasteiger partial charge in [0.05, 0.1) is 18.7 Å². The molecule has 0 saturated carbocycles. The summed E-state index contributed by atoms with van der Waals surface area (Å²) in [6, 6.07) is 9.82. The van der Waals surface area contributed by atoms with Crippen LogP contribution in [0.2, 0.25) is 0 Å². The van der Waals surface area contributed by atoms with Gasteiger partial charge in [0.25, 0.3) is 0 Å². The van der Waals surface area contributed by atoms with Crippen LogP contribution in [-0.2, 0) is 22.3 Å². The lowest BCUT2D eigenvalue weighted by atomic mass is 9.91. The third-order valence-electron chi connectivity index (χ3n) is 6.23. The Bertz CT molecular complexity index is 1130. The van der Waals surface area contributed by atoms with Gasteiger partial charge in [0.15, 0.2) is 0 Å². The molecule has 2 heterocycles. The highest BCUT2D eigenvalue weighted by molar-refractivity contribution is 5.92. The van der Waals surface area contributed by atoms with Gasteiger partial charge < -0.3 is 14.8 Å². The number of alkyl halides is 6. The van der Waals surface area contributed by atoms with Crippen LogP contribution in [0.4, 0.5) is 36.8 Å². The number of piperidine rings is 1. The van der Waals surface area contributed by atoms with Gasteiger partial charge in [0.1, 0.15) is 11.4 Å². The van der Waals surface area contributed by atoms with E-state index in [4.69, 9.17) is 4.74 Å². The van der Waals surface area contributed by atoms with Crippen LogP contribution in [0.1, 0.15) is 24.0 Å². The fourth-order valence-corrected chi connectivity index (χ4v) is 4.48. The van der Waals surface area contributed by atoms with E-state index in [1.165, 1.54) is 35.2 Å². The molecule has 37 heavy (non-hydrogen) atoms. The van der Waals surface area contributed by atoms with Gasteiger partial charge in [-0.25, -0.2) is 4.79 Å². The van der Waals surface area contributed by atoms with E-state index in [-0.39, 0.29) is 31.1 Å². The van der Waals surface area contributed by atoms with Crippen molar-refractivity contribution in [3.8, 4) is 5.75 Å². The molecule has 0 bridgehead atoms. The largest absolute Gasteiger partial charge is 0.573 e. The van der Waals surface area contributed by atoms with Crippen molar-refractivity contribution >= 4 is 17.7 Å². The van der Waals surface area contributed by atoms with Crippen LogP contribution in [0.3, 0.4) is 0 Å².